The third-order valence-electron chi connectivity index (χ3n) is 2.59. The van der Waals surface area contributed by atoms with E-state index in [0.717, 1.165) is 0 Å². The third kappa shape index (κ3) is 3.59. The normalized spacial score (nSPS) is 13.1. The molecule has 20 heavy (non-hydrogen) atoms. The number of halogens is 4. The molecule has 0 heterocycles. The van der Waals surface area contributed by atoms with Crippen LogP contribution in [-0.4, -0.2) is 20.4 Å². The monoisotopic (exact) mass is 345 g/mol. The fourth-order valence-corrected chi connectivity index (χ4v) is 3.08. The van der Waals surface area contributed by atoms with E-state index in [1.54, 1.807) is 13.8 Å². The Bertz CT molecular complexity index is 650. The quantitative estimate of drug-likeness (QED) is 0.673. The van der Waals surface area contributed by atoms with Crippen LogP contribution in [-0.2, 0) is 9.05 Å². The Morgan fingerprint density at radius 2 is 2.00 bits per heavy atom. The minimum atomic E-state index is -4.63. The molecule has 0 spiro atoms. The summed E-state index contributed by atoms with van der Waals surface area (Å²) >= 11 is 5.66. The van der Waals surface area contributed by atoms with E-state index in [9.17, 15) is 22.0 Å². The van der Waals surface area contributed by atoms with Crippen molar-refractivity contribution < 1.29 is 22.0 Å². The molecule has 0 bridgehead atoms. The second kappa shape index (κ2) is 6.24. The number of nitrogens with one attached hydrogen (secondary N) is 1. The van der Waals surface area contributed by atoms with E-state index >= 15 is 0 Å². The van der Waals surface area contributed by atoms with Gasteiger partial charge < -0.3 is 5.32 Å². The highest BCUT2D eigenvalue weighted by Gasteiger charge is 2.28. The predicted molar refractivity (Wildman–Crippen MR) is 71.6 cm³/mol. The van der Waals surface area contributed by atoms with Gasteiger partial charge in [0.25, 0.3) is 15.0 Å². The number of rotatable bonds is 4. The lowest BCUT2D eigenvalue weighted by Gasteiger charge is -2.14. The van der Waals surface area contributed by atoms with Crippen LogP contribution >= 0.6 is 22.3 Å². The average Bonchev–Trinajstić information content (AvgIpc) is 2.31. The van der Waals surface area contributed by atoms with Crippen molar-refractivity contribution in [1.82, 2.24) is 5.32 Å². The molecule has 1 N–H and O–H groups in total. The first-order valence-electron chi connectivity index (χ1n) is 5.52. The summed E-state index contributed by atoms with van der Waals surface area (Å²) in [6.07, 6.45) is 0.591. The molecule has 0 aliphatic heterocycles. The molecule has 1 rings (SSSR count). The number of hydrogen-bond acceptors (Lipinski definition) is 3. The maximum Gasteiger partial charge on any atom is 0.265 e. The Morgan fingerprint density at radius 3 is 2.45 bits per heavy atom. The number of carbonyl (C=O) groups is 1. The van der Waals surface area contributed by atoms with Crippen molar-refractivity contribution in [3.63, 3.8) is 0 Å². The second-order valence-corrected chi connectivity index (χ2v) is 6.96. The van der Waals surface area contributed by atoms with E-state index in [1.807, 2.05) is 0 Å². The molecule has 0 aliphatic carbocycles. The van der Waals surface area contributed by atoms with Crippen molar-refractivity contribution in [2.24, 2.45) is 0 Å². The molecule has 0 aliphatic rings. The van der Waals surface area contributed by atoms with Gasteiger partial charge in [-0.2, -0.15) is 0 Å². The fourth-order valence-electron chi connectivity index (χ4n) is 1.36. The molecule has 1 aromatic rings. The van der Waals surface area contributed by atoms with Crippen LogP contribution in [0.3, 0.4) is 0 Å². The summed E-state index contributed by atoms with van der Waals surface area (Å²) in [6, 6.07) is 0.281. The minimum Gasteiger partial charge on any atom is -0.350 e. The van der Waals surface area contributed by atoms with E-state index in [-0.39, 0.29) is 6.04 Å². The molecule has 1 amide bonds. The van der Waals surface area contributed by atoms with Crippen LogP contribution < -0.4 is 5.32 Å². The van der Waals surface area contributed by atoms with Crippen LogP contribution in [0, 0.1) is 11.6 Å². The van der Waals surface area contributed by atoms with Gasteiger partial charge in [-0.3, -0.25) is 4.79 Å². The van der Waals surface area contributed by atoms with Gasteiger partial charge in [0.1, 0.15) is 4.90 Å². The number of hydrogen-bond donors (Lipinski definition) is 1. The zero-order chi connectivity index (χ0) is 15.7. The summed E-state index contributed by atoms with van der Waals surface area (Å²) in [5.41, 5.74) is -0.495. The summed E-state index contributed by atoms with van der Waals surface area (Å²) < 4.78 is 49.3. The van der Waals surface area contributed by atoms with Crippen LogP contribution in [0.25, 0.3) is 0 Å². The summed E-state index contributed by atoms with van der Waals surface area (Å²) in [5, 5.41) is 1.71. The van der Waals surface area contributed by atoms with Crippen molar-refractivity contribution in [2.45, 2.75) is 31.2 Å². The molecule has 0 fully saturated rings. The molecule has 112 valence electrons. The zero-order valence-corrected chi connectivity index (χ0v) is 12.8. The van der Waals surface area contributed by atoms with E-state index in [4.69, 9.17) is 22.3 Å². The van der Waals surface area contributed by atoms with E-state index in [2.05, 4.69) is 5.32 Å². The third-order valence-corrected chi connectivity index (χ3v) is 4.43. The minimum absolute atomic E-state index is 0.247. The highest BCUT2D eigenvalue weighted by Crippen LogP contribution is 2.32. The smallest absolute Gasteiger partial charge is 0.265 e. The Labute approximate surface area is 124 Å². The summed E-state index contributed by atoms with van der Waals surface area (Å²) in [6.45, 7) is 3.48. The zero-order valence-electron chi connectivity index (χ0n) is 10.5. The molecule has 0 saturated heterocycles. The largest absolute Gasteiger partial charge is 0.350 e. The summed E-state index contributed by atoms with van der Waals surface area (Å²) in [7, 11) is 0.369. The van der Waals surface area contributed by atoms with E-state index < -0.39 is 42.1 Å². The average molecular weight is 346 g/mol. The lowest BCUT2D eigenvalue weighted by atomic mass is 10.1. The Kier molecular flexibility index (Phi) is 5.34. The van der Waals surface area contributed by atoms with Gasteiger partial charge in [-0.05, 0) is 19.4 Å². The Balaban J connectivity index is 3.44. The SMILES string of the molecule is CCC(C)NC(=O)c1cc(F)c(F)c(S(=O)(=O)Cl)c1Cl. The lowest BCUT2D eigenvalue weighted by Crippen LogP contribution is -2.32. The molecular weight excluding hydrogens is 335 g/mol. The van der Waals surface area contributed by atoms with Crippen LogP contribution in [0.15, 0.2) is 11.0 Å². The maximum atomic E-state index is 13.5. The van der Waals surface area contributed by atoms with E-state index in [0.29, 0.717) is 12.5 Å². The number of amides is 1. The Hall–Kier alpha value is -0.920. The molecule has 4 nitrogen and oxygen atoms in total. The van der Waals surface area contributed by atoms with Crippen molar-refractivity contribution >= 4 is 37.2 Å². The molecule has 9 heteroatoms. The van der Waals surface area contributed by atoms with Gasteiger partial charge in [-0.25, -0.2) is 17.2 Å². The maximum absolute atomic E-state index is 13.5. The number of benzene rings is 1. The molecular formula is C11H11Cl2F2NO3S. The van der Waals surface area contributed by atoms with Crippen molar-refractivity contribution in [2.75, 3.05) is 0 Å². The van der Waals surface area contributed by atoms with Crippen LogP contribution in [0.4, 0.5) is 8.78 Å². The van der Waals surface area contributed by atoms with Gasteiger partial charge in [0.05, 0.1) is 10.6 Å². The summed E-state index contributed by atoms with van der Waals surface area (Å²) in [5.74, 6) is -4.06. The molecule has 1 unspecified atom stereocenters. The predicted octanol–water partition coefficient (Wildman–Crippen LogP) is 3.07. The van der Waals surface area contributed by atoms with Crippen LogP contribution in [0.2, 0.25) is 5.02 Å². The topological polar surface area (TPSA) is 63.2 Å². The van der Waals surface area contributed by atoms with Crippen LogP contribution in [0.5, 0.6) is 0 Å². The van der Waals surface area contributed by atoms with Crippen LogP contribution in [0.1, 0.15) is 30.6 Å². The van der Waals surface area contributed by atoms with Gasteiger partial charge in [-0.15, -0.1) is 0 Å². The molecule has 0 radical (unpaired) electrons. The van der Waals surface area contributed by atoms with Crippen molar-refractivity contribution in [3.05, 3.63) is 28.3 Å². The Morgan fingerprint density at radius 1 is 1.45 bits per heavy atom. The van der Waals surface area contributed by atoms with Gasteiger partial charge in [0, 0.05) is 16.7 Å². The van der Waals surface area contributed by atoms with E-state index in [1.165, 1.54) is 0 Å². The molecule has 0 saturated carbocycles. The molecule has 0 aromatic heterocycles. The van der Waals surface area contributed by atoms with Gasteiger partial charge >= 0.3 is 0 Å². The standard InChI is InChI=1S/C11H11Cl2F2NO3S/c1-3-5(2)16-11(17)6-4-7(14)9(15)10(8(6)12)20(13,18)19/h4-5H,3H2,1-2H3,(H,16,17). The fraction of sp³-hybridized carbons (Fsp3) is 0.364. The number of carbonyl (C=O) groups excluding carboxylic acids is 1. The first kappa shape index (κ1) is 17.1. The first-order chi connectivity index (χ1) is 9.09. The molecule has 1 atom stereocenters. The van der Waals surface area contributed by atoms with Gasteiger partial charge in [-0.1, -0.05) is 18.5 Å². The summed E-state index contributed by atoms with van der Waals surface area (Å²) in [4.78, 5) is 10.6. The first-order valence-corrected chi connectivity index (χ1v) is 8.21. The lowest BCUT2D eigenvalue weighted by molar-refractivity contribution is 0.0938. The van der Waals surface area contributed by atoms with Gasteiger partial charge in [0.2, 0.25) is 0 Å². The van der Waals surface area contributed by atoms with Crippen molar-refractivity contribution in [1.29, 1.82) is 0 Å². The highest BCUT2D eigenvalue weighted by molar-refractivity contribution is 8.13. The van der Waals surface area contributed by atoms with Gasteiger partial charge in [0.15, 0.2) is 11.6 Å². The van der Waals surface area contributed by atoms with Crippen molar-refractivity contribution in [3.8, 4) is 0 Å². The second-order valence-electron chi connectivity index (χ2n) is 4.08. The highest BCUT2D eigenvalue weighted by atomic mass is 35.7. The molecule has 1 aromatic carbocycles.